The van der Waals surface area contributed by atoms with Gasteiger partial charge < -0.3 is 16.4 Å². The zero-order chi connectivity index (χ0) is 14.0. The average molecular weight is 262 g/mol. The van der Waals surface area contributed by atoms with E-state index in [2.05, 4.69) is 16.8 Å². The Kier molecular flexibility index (Phi) is 4.04. The summed E-state index contributed by atoms with van der Waals surface area (Å²) in [6.45, 7) is 5.56. The summed E-state index contributed by atoms with van der Waals surface area (Å²) >= 11 is 0. The topological polar surface area (TPSA) is 85.2 Å². The van der Waals surface area contributed by atoms with E-state index in [9.17, 15) is 4.79 Å². The summed E-state index contributed by atoms with van der Waals surface area (Å²) < 4.78 is 0. The molecule has 0 radical (unpaired) electrons. The molecule has 2 unspecified atom stereocenters. The van der Waals surface area contributed by atoms with Crippen LogP contribution in [-0.4, -0.2) is 30.0 Å². The second-order valence-electron chi connectivity index (χ2n) is 5.40. The van der Waals surface area contributed by atoms with Gasteiger partial charge in [0.05, 0.1) is 5.56 Å². The minimum Gasteiger partial charge on any atom is -0.365 e. The van der Waals surface area contributed by atoms with Crippen LogP contribution in [0, 0.1) is 12.8 Å². The minimum absolute atomic E-state index is 0.233. The van der Waals surface area contributed by atoms with E-state index < -0.39 is 5.91 Å². The Hall–Kier alpha value is -1.62. The lowest BCUT2D eigenvalue weighted by Crippen LogP contribution is -2.47. The molecule has 104 valence electrons. The molecule has 1 aliphatic heterocycles. The molecular weight excluding hydrogens is 240 g/mol. The van der Waals surface area contributed by atoms with Crippen LogP contribution in [0.25, 0.3) is 0 Å². The predicted molar refractivity (Wildman–Crippen MR) is 76.1 cm³/mol. The number of nitrogens with zero attached hydrogens (tertiary/aromatic N) is 2. The lowest BCUT2D eigenvalue weighted by atomic mass is 9.92. The molecule has 0 spiro atoms. The SMILES string of the molecule is Cc1ccnc(N2CCC(C)CC2CN)c1C(N)=O. The van der Waals surface area contributed by atoms with Crippen LogP contribution in [0.3, 0.4) is 0 Å². The number of aryl methyl sites for hydroxylation is 1. The zero-order valence-electron chi connectivity index (χ0n) is 11.6. The number of carbonyl (C=O) groups is 1. The van der Waals surface area contributed by atoms with E-state index >= 15 is 0 Å². The normalized spacial score (nSPS) is 23.4. The maximum Gasteiger partial charge on any atom is 0.252 e. The Morgan fingerprint density at radius 1 is 1.58 bits per heavy atom. The number of aromatic nitrogens is 1. The highest BCUT2D eigenvalue weighted by Gasteiger charge is 2.29. The Labute approximate surface area is 114 Å². The van der Waals surface area contributed by atoms with Gasteiger partial charge in [0.1, 0.15) is 5.82 Å². The second kappa shape index (κ2) is 5.57. The quantitative estimate of drug-likeness (QED) is 0.852. The van der Waals surface area contributed by atoms with E-state index in [1.807, 2.05) is 13.0 Å². The molecule has 4 N–H and O–H groups in total. The molecule has 2 heterocycles. The van der Waals surface area contributed by atoms with Gasteiger partial charge >= 0.3 is 0 Å². The molecule has 0 saturated carbocycles. The molecule has 1 saturated heterocycles. The largest absolute Gasteiger partial charge is 0.365 e. The van der Waals surface area contributed by atoms with Gasteiger partial charge in [-0.1, -0.05) is 6.92 Å². The highest BCUT2D eigenvalue weighted by atomic mass is 16.1. The van der Waals surface area contributed by atoms with Crippen LogP contribution in [-0.2, 0) is 0 Å². The van der Waals surface area contributed by atoms with Crippen molar-refractivity contribution < 1.29 is 4.79 Å². The average Bonchev–Trinajstić information content (AvgIpc) is 2.37. The van der Waals surface area contributed by atoms with Crippen LogP contribution in [0.15, 0.2) is 12.3 Å². The lowest BCUT2D eigenvalue weighted by molar-refractivity contribution is 0.0999. The first kappa shape index (κ1) is 13.8. The maximum atomic E-state index is 11.7. The molecular formula is C14H22N4O. The van der Waals surface area contributed by atoms with Crippen LogP contribution in [0.1, 0.15) is 35.7 Å². The van der Waals surface area contributed by atoms with Crippen molar-refractivity contribution in [2.24, 2.45) is 17.4 Å². The number of hydrogen-bond acceptors (Lipinski definition) is 4. The standard InChI is InChI=1S/C14H22N4O/c1-9-4-6-18(11(7-9)8-15)14-12(13(16)19)10(2)3-5-17-14/h3,5,9,11H,4,6-8,15H2,1-2H3,(H2,16,19). The van der Waals surface area contributed by atoms with Crippen molar-refractivity contribution in [1.29, 1.82) is 0 Å². The molecule has 0 aromatic carbocycles. The van der Waals surface area contributed by atoms with Gasteiger partial charge in [-0.15, -0.1) is 0 Å². The number of pyridine rings is 1. The van der Waals surface area contributed by atoms with Crippen LogP contribution in [0.2, 0.25) is 0 Å². The summed E-state index contributed by atoms with van der Waals surface area (Å²) in [5.74, 6) is 0.927. The third-order valence-electron chi connectivity index (χ3n) is 3.91. The number of rotatable bonds is 3. The van der Waals surface area contributed by atoms with Gasteiger partial charge in [0.2, 0.25) is 0 Å². The number of hydrogen-bond donors (Lipinski definition) is 2. The predicted octanol–water partition coefficient (Wildman–Crippen LogP) is 1.05. The van der Waals surface area contributed by atoms with Crippen LogP contribution >= 0.6 is 0 Å². The van der Waals surface area contributed by atoms with Crippen molar-refractivity contribution >= 4 is 11.7 Å². The third kappa shape index (κ3) is 2.71. The fourth-order valence-corrected chi connectivity index (χ4v) is 2.82. The van der Waals surface area contributed by atoms with Gasteiger partial charge in [-0.3, -0.25) is 4.79 Å². The monoisotopic (exact) mass is 262 g/mol. The van der Waals surface area contributed by atoms with Crippen molar-refractivity contribution in [3.05, 3.63) is 23.4 Å². The molecule has 2 atom stereocenters. The Balaban J connectivity index is 2.40. The van der Waals surface area contributed by atoms with E-state index in [4.69, 9.17) is 11.5 Å². The number of amides is 1. The molecule has 5 nitrogen and oxygen atoms in total. The van der Waals surface area contributed by atoms with E-state index in [1.165, 1.54) is 0 Å². The summed E-state index contributed by atoms with van der Waals surface area (Å²) in [5.41, 5.74) is 12.8. The van der Waals surface area contributed by atoms with E-state index in [0.29, 0.717) is 23.8 Å². The van der Waals surface area contributed by atoms with Crippen LogP contribution in [0.5, 0.6) is 0 Å². The van der Waals surface area contributed by atoms with Gasteiger partial charge in [-0.2, -0.15) is 0 Å². The molecule has 19 heavy (non-hydrogen) atoms. The molecule has 0 bridgehead atoms. The summed E-state index contributed by atoms with van der Waals surface area (Å²) in [7, 11) is 0. The number of piperidine rings is 1. The summed E-state index contributed by atoms with van der Waals surface area (Å²) in [4.78, 5) is 18.2. The molecule has 5 heteroatoms. The Morgan fingerprint density at radius 2 is 2.32 bits per heavy atom. The molecule has 1 amide bonds. The summed E-state index contributed by atoms with van der Waals surface area (Å²) in [5, 5.41) is 0. The lowest BCUT2D eigenvalue weighted by Gasteiger charge is -2.39. The molecule has 1 aromatic rings. The van der Waals surface area contributed by atoms with E-state index in [-0.39, 0.29) is 6.04 Å². The molecule has 1 fully saturated rings. The van der Waals surface area contributed by atoms with E-state index in [1.54, 1.807) is 6.20 Å². The zero-order valence-corrected chi connectivity index (χ0v) is 11.6. The summed E-state index contributed by atoms with van der Waals surface area (Å²) in [6, 6.07) is 2.05. The van der Waals surface area contributed by atoms with Crippen molar-refractivity contribution in [2.75, 3.05) is 18.0 Å². The highest BCUT2D eigenvalue weighted by Crippen LogP contribution is 2.29. The van der Waals surface area contributed by atoms with Gasteiger partial charge in [-0.05, 0) is 37.3 Å². The van der Waals surface area contributed by atoms with Crippen molar-refractivity contribution in [2.45, 2.75) is 32.7 Å². The van der Waals surface area contributed by atoms with Crippen molar-refractivity contribution in [3.8, 4) is 0 Å². The molecule has 2 rings (SSSR count). The molecule has 1 aliphatic rings. The molecule has 0 aliphatic carbocycles. The first-order valence-corrected chi connectivity index (χ1v) is 6.76. The van der Waals surface area contributed by atoms with Crippen molar-refractivity contribution in [3.63, 3.8) is 0 Å². The number of nitrogens with two attached hydrogens (primary N) is 2. The smallest absolute Gasteiger partial charge is 0.252 e. The second-order valence-corrected chi connectivity index (χ2v) is 5.40. The van der Waals surface area contributed by atoms with E-state index in [0.717, 1.165) is 24.9 Å². The number of primary amides is 1. The highest BCUT2D eigenvalue weighted by molar-refractivity contribution is 5.99. The molecule has 1 aromatic heterocycles. The van der Waals surface area contributed by atoms with Crippen LogP contribution in [0.4, 0.5) is 5.82 Å². The Bertz CT molecular complexity index is 475. The minimum atomic E-state index is -0.421. The van der Waals surface area contributed by atoms with Crippen molar-refractivity contribution in [1.82, 2.24) is 4.98 Å². The van der Waals surface area contributed by atoms with Gasteiger partial charge in [-0.25, -0.2) is 4.98 Å². The van der Waals surface area contributed by atoms with Gasteiger partial charge in [0, 0.05) is 25.3 Å². The van der Waals surface area contributed by atoms with Gasteiger partial charge in [0.15, 0.2) is 0 Å². The number of anilines is 1. The fraction of sp³-hybridized carbons (Fsp3) is 0.571. The van der Waals surface area contributed by atoms with Gasteiger partial charge in [0.25, 0.3) is 5.91 Å². The fourth-order valence-electron chi connectivity index (χ4n) is 2.82. The first-order chi connectivity index (χ1) is 9.04. The van der Waals surface area contributed by atoms with Crippen LogP contribution < -0.4 is 16.4 Å². The number of carbonyl (C=O) groups excluding carboxylic acids is 1. The first-order valence-electron chi connectivity index (χ1n) is 6.76. The summed E-state index contributed by atoms with van der Waals surface area (Å²) in [6.07, 6.45) is 3.84. The Morgan fingerprint density at radius 3 is 2.95 bits per heavy atom. The maximum absolute atomic E-state index is 11.7. The third-order valence-corrected chi connectivity index (χ3v) is 3.91.